The molecule has 3 nitrogen and oxygen atoms in total. The van der Waals surface area contributed by atoms with Gasteiger partial charge in [-0.15, -0.1) is 0 Å². The Morgan fingerprint density at radius 1 is 1.35 bits per heavy atom. The average molecular weight is 270 g/mol. The topological polar surface area (TPSA) is 55.5 Å². The summed E-state index contributed by atoms with van der Waals surface area (Å²) in [7, 11) is 1.78. The molecule has 2 N–H and O–H groups in total. The average Bonchev–Trinajstić information content (AvgIpc) is 2.82. The third-order valence-corrected chi connectivity index (χ3v) is 4.54. The Morgan fingerprint density at radius 3 is 2.55 bits per heavy atom. The van der Waals surface area contributed by atoms with E-state index in [9.17, 15) is 4.79 Å². The van der Waals surface area contributed by atoms with Crippen molar-refractivity contribution in [1.29, 1.82) is 0 Å². The number of primary amides is 1. The smallest absolute Gasteiger partial charge is 0.228 e. The molecule has 1 saturated carbocycles. The first kappa shape index (κ1) is 14.5. The van der Waals surface area contributed by atoms with E-state index in [-0.39, 0.29) is 5.91 Å². The number of hydrogen-bond acceptors (Lipinski definition) is 2. The van der Waals surface area contributed by atoms with E-state index in [1.165, 1.54) is 5.56 Å². The van der Waals surface area contributed by atoms with Crippen LogP contribution in [0, 0.1) is 13.8 Å². The Bertz CT molecular complexity index is 591. The molecule has 0 bridgehead atoms. The molecule has 1 aliphatic carbocycles. The normalized spacial score (nSPS) is 26.4. The van der Waals surface area contributed by atoms with Gasteiger partial charge in [-0.25, -0.2) is 0 Å². The van der Waals surface area contributed by atoms with Gasteiger partial charge in [0.2, 0.25) is 5.91 Å². The van der Waals surface area contributed by atoms with Crippen LogP contribution in [0.1, 0.15) is 36.5 Å². The van der Waals surface area contributed by atoms with Gasteiger partial charge in [0.25, 0.3) is 0 Å². The number of nitrogens with zero attached hydrogens (tertiary/aromatic N) is 1. The molecule has 0 radical (unpaired) electrons. The molecule has 1 amide bonds. The minimum atomic E-state index is -0.646. The number of allylic oxidation sites excluding steroid dienone is 2. The van der Waals surface area contributed by atoms with E-state index in [1.807, 2.05) is 25.1 Å². The van der Waals surface area contributed by atoms with Gasteiger partial charge in [-0.3, -0.25) is 9.79 Å². The van der Waals surface area contributed by atoms with E-state index >= 15 is 0 Å². The van der Waals surface area contributed by atoms with E-state index in [1.54, 1.807) is 7.05 Å². The number of benzene rings is 1. The van der Waals surface area contributed by atoms with Gasteiger partial charge in [0.15, 0.2) is 0 Å². The summed E-state index contributed by atoms with van der Waals surface area (Å²) in [6.07, 6.45) is 3.29. The molecule has 1 fully saturated rings. The molecule has 0 aromatic heterocycles. The van der Waals surface area contributed by atoms with Crippen LogP contribution in [0.25, 0.3) is 0 Å². The summed E-state index contributed by atoms with van der Waals surface area (Å²) in [6, 6.07) is 6.09. The lowest BCUT2D eigenvalue weighted by Crippen LogP contribution is -2.40. The van der Waals surface area contributed by atoms with Crippen LogP contribution in [0.4, 0.5) is 0 Å². The van der Waals surface area contributed by atoms with Gasteiger partial charge in [0.05, 0.1) is 5.41 Å². The van der Waals surface area contributed by atoms with Gasteiger partial charge < -0.3 is 5.73 Å². The minimum absolute atomic E-state index is 0.260. The largest absolute Gasteiger partial charge is 0.369 e. The van der Waals surface area contributed by atoms with Gasteiger partial charge in [-0.2, -0.15) is 0 Å². The molecule has 1 aromatic carbocycles. The molecule has 0 heterocycles. The monoisotopic (exact) mass is 270 g/mol. The lowest BCUT2D eigenvalue weighted by atomic mass is 9.75. The number of hydrogen-bond donors (Lipinski definition) is 1. The molecule has 0 spiro atoms. The lowest BCUT2D eigenvalue weighted by Gasteiger charge is -2.27. The van der Waals surface area contributed by atoms with Crippen molar-refractivity contribution in [2.75, 3.05) is 7.05 Å². The zero-order chi connectivity index (χ0) is 14.9. The number of carbonyl (C=O) groups is 1. The fraction of sp³-hybridized carbons (Fsp3) is 0.412. The van der Waals surface area contributed by atoms with Crippen molar-refractivity contribution in [3.63, 3.8) is 0 Å². The van der Waals surface area contributed by atoms with Gasteiger partial charge in [-0.05, 0) is 49.5 Å². The molecule has 20 heavy (non-hydrogen) atoms. The third kappa shape index (κ3) is 2.07. The molecular formula is C17H22N2O. The zero-order valence-corrected chi connectivity index (χ0v) is 12.7. The molecule has 1 atom stereocenters. The fourth-order valence-corrected chi connectivity index (χ4v) is 3.15. The number of aliphatic imine (C=N–C) groups is 1. The third-order valence-electron chi connectivity index (χ3n) is 4.54. The molecule has 3 heteroatoms. The van der Waals surface area contributed by atoms with Crippen molar-refractivity contribution in [2.24, 2.45) is 10.7 Å². The van der Waals surface area contributed by atoms with E-state index in [2.05, 4.69) is 24.9 Å². The zero-order valence-electron chi connectivity index (χ0n) is 12.7. The first-order chi connectivity index (χ1) is 9.46. The van der Waals surface area contributed by atoms with Crippen molar-refractivity contribution in [3.8, 4) is 0 Å². The summed E-state index contributed by atoms with van der Waals surface area (Å²) in [6.45, 7) is 6.11. The predicted molar refractivity (Wildman–Crippen MR) is 83.1 cm³/mol. The second-order valence-corrected chi connectivity index (χ2v) is 5.53. The quantitative estimate of drug-likeness (QED) is 0.882. The second kappa shape index (κ2) is 5.23. The predicted octanol–water partition coefficient (Wildman–Crippen LogP) is 2.84. The summed E-state index contributed by atoms with van der Waals surface area (Å²) >= 11 is 0. The number of carbonyl (C=O) groups excluding carboxylic acids is 1. The number of amides is 1. The minimum Gasteiger partial charge on any atom is -0.369 e. The summed E-state index contributed by atoms with van der Waals surface area (Å²) in [4.78, 5) is 16.6. The van der Waals surface area contributed by atoms with Crippen LogP contribution < -0.4 is 5.73 Å². The van der Waals surface area contributed by atoms with E-state index in [0.29, 0.717) is 12.8 Å². The molecule has 0 aliphatic heterocycles. The molecule has 1 aliphatic rings. The Hall–Kier alpha value is -1.90. The van der Waals surface area contributed by atoms with Crippen molar-refractivity contribution >= 4 is 11.6 Å². The van der Waals surface area contributed by atoms with Crippen LogP contribution in [0.15, 0.2) is 34.8 Å². The molecule has 0 unspecified atom stereocenters. The Morgan fingerprint density at radius 2 is 2.05 bits per heavy atom. The van der Waals surface area contributed by atoms with Crippen LogP contribution in [0.3, 0.4) is 0 Å². The number of nitrogens with two attached hydrogens (primary N) is 1. The van der Waals surface area contributed by atoms with Crippen LogP contribution in [-0.2, 0) is 10.2 Å². The van der Waals surface area contributed by atoms with Crippen molar-refractivity contribution in [2.45, 2.75) is 39.0 Å². The van der Waals surface area contributed by atoms with E-state index in [4.69, 9.17) is 5.73 Å². The highest BCUT2D eigenvalue weighted by Gasteiger charge is 2.46. The van der Waals surface area contributed by atoms with Gasteiger partial charge in [0, 0.05) is 19.2 Å². The summed E-state index contributed by atoms with van der Waals surface area (Å²) in [5.41, 5.74) is 10.7. The summed E-state index contributed by atoms with van der Waals surface area (Å²) in [5, 5.41) is 0. The van der Waals surface area contributed by atoms with Gasteiger partial charge >= 0.3 is 0 Å². The molecule has 0 saturated heterocycles. The van der Waals surface area contributed by atoms with Crippen molar-refractivity contribution in [1.82, 2.24) is 0 Å². The van der Waals surface area contributed by atoms with Gasteiger partial charge in [0.1, 0.15) is 0 Å². The molecule has 106 valence electrons. The van der Waals surface area contributed by atoms with Gasteiger partial charge in [-0.1, -0.05) is 24.3 Å². The van der Waals surface area contributed by atoms with Crippen LogP contribution in [0.5, 0.6) is 0 Å². The van der Waals surface area contributed by atoms with Crippen LogP contribution in [0.2, 0.25) is 0 Å². The Labute approximate surface area is 120 Å². The highest BCUT2D eigenvalue weighted by molar-refractivity contribution is 6.09. The molecular weight excluding hydrogens is 248 g/mol. The maximum Gasteiger partial charge on any atom is 0.228 e. The maximum atomic E-state index is 12.3. The SMILES string of the molecule is C/C=C1/C[C@@](C(N)=O)(c2cccc(C)c2C)C/C1=N/C. The Balaban J connectivity index is 2.65. The maximum absolute atomic E-state index is 12.3. The highest BCUT2D eigenvalue weighted by Crippen LogP contribution is 2.44. The first-order valence-corrected chi connectivity index (χ1v) is 6.94. The second-order valence-electron chi connectivity index (χ2n) is 5.53. The summed E-state index contributed by atoms with van der Waals surface area (Å²) < 4.78 is 0. The van der Waals surface area contributed by atoms with Crippen molar-refractivity contribution < 1.29 is 4.79 Å². The van der Waals surface area contributed by atoms with E-state index in [0.717, 1.165) is 22.4 Å². The number of rotatable bonds is 2. The molecule has 2 rings (SSSR count). The van der Waals surface area contributed by atoms with Crippen LogP contribution in [-0.4, -0.2) is 18.7 Å². The fourth-order valence-electron chi connectivity index (χ4n) is 3.15. The standard InChI is InChI=1S/C17H22N2O/c1-5-13-9-17(16(18)20,10-15(13)19-4)14-8-6-7-11(2)12(14)3/h5-8H,9-10H2,1-4H3,(H2,18,20)/b13-5-,19-15-/t17-/m0/s1. The Kier molecular flexibility index (Phi) is 3.80. The lowest BCUT2D eigenvalue weighted by molar-refractivity contribution is -0.123. The molecule has 1 aromatic rings. The first-order valence-electron chi connectivity index (χ1n) is 6.94. The highest BCUT2D eigenvalue weighted by atomic mass is 16.1. The summed E-state index contributed by atoms with van der Waals surface area (Å²) in [5.74, 6) is -0.260. The van der Waals surface area contributed by atoms with E-state index < -0.39 is 5.41 Å². The van der Waals surface area contributed by atoms with Crippen molar-refractivity contribution in [3.05, 3.63) is 46.5 Å². The number of aryl methyl sites for hydroxylation is 1. The van der Waals surface area contributed by atoms with Crippen LogP contribution >= 0.6 is 0 Å².